The largest absolute Gasteiger partial charge is 0.375 e. The zero-order chi connectivity index (χ0) is 17.7. The van der Waals surface area contributed by atoms with Crippen LogP contribution in [0.25, 0.3) is 0 Å². The lowest BCUT2D eigenvalue weighted by atomic mass is 10.1. The van der Waals surface area contributed by atoms with E-state index in [0.29, 0.717) is 12.1 Å². The Morgan fingerprint density at radius 2 is 1.92 bits per heavy atom. The van der Waals surface area contributed by atoms with Crippen LogP contribution in [0.2, 0.25) is 0 Å². The molecule has 2 rings (SSSR count). The van der Waals surface area contributed by atoms with Crippen molar-refractivity contribution in [1.29, 1.82) is 0 Å². The molecule has 1 unspecified atom stereocenters. The number of hydrogen-bond donors (Lipinski definition) is 1. The fraction of sp³-hybridized carbons (Fsp3) is 0.312. The highest BCUT2D eigenvalue weighted by Gasteiger charge is 2.18. The lowest BCUT2D eigenvalue weighted by Crippen LogP contribution is -2.29. The number of nitrogens with zero attached hydrogens (tertiary/aromatic N) is 1. The summed E-state index contributed by atoms with van der Waals surface area (Å²) in [5, 5.41) is 6.72. The minimum atomic E-state index is -3.50. The van der Waals surface area contributed by atoms with E-state index in [1.54, 1.807) is 18.4 Å². The molecule has 1 heterocycles. The Kier molecular flexibility index (Phi) is 6.11. The molecule has 130 valence electrons. The Balaban J connectivity index is 2.03. The average Bonchev–Trinajstić information content (AvgIpc) is 3.09. The summed E-state index contributed by atoms with van der Waals surface area (Å²) >= 11 is 1.57. The van der Waals surface area contributed by atoms with Crippen LogP contribution in [0.15, 0.2) is 46.0 Å². The van der Waals surface area contributed by atoms with Crippen LogP contribution in [0.1, 0.15) is 22.0 Å². The van der Waals surface area contributed by atoms with Crippen LogP contribution in [0.3, 0.4) is 0 Å². The fourth-order valence-electron chi connectivity index (χ4n) is 2.07. The van der Waals surface area contributed by atoms with E-state index in [0.717, 1.165) is 9.87 Å². The molecule has 0 saturated heterocycles. The molecule has 6 nitrogen and oxygen atoms in total. The smallest absolute Gasteiger partial charge is 0.251 e. The van der Waals surface area contributed by atoms with Crippen LogP contribution in [0, 0.1) is 0 Å². The van der Waals surface area contributed by atoms with Crippen molar-refractivity contribution in [2.75, 3.05) is 27.7 Å². The number of carbonyl (C=O) groups is 1. The van der Waals surface area contributed by atoms with Crippen LogP contribution >= 0.6 is 11.3 Å². The predicted octanol–water partition coefficient (Wildman–Crippen LogP) is 2.12. The average molecular weight is 368 g/mol. The Bertz CT molecular complexity index is 769. The third-order valence-corrected chi connectivity index (χ3v) is 6.07. The van der Waals surface area contributed by atoms with E-state index >= 15 is 0 Å². The summed E-state index contributed by atoms with van der Waals surface area (Å²) in [6, 6.07) is 7.80. The molecule has 8 heteroatoms. The van der Waals surface area contributed by atoms with Gasteiger partial charge >= 0.3 is 0 Å². The standard InChI is InChI=1S/C16H20N2O4S2/c1-18(2)24(20,21)14-6-4-12(5-7-14)16(19)17-10-15(22-3)13-8-9-23-11-13/h4-9,11,15H,10H2,1-3H3,(H,17,19). The van der Waals surface area contributed by atoms with Crippen molar-refractivity contribution < 1.29 is 17.9 Å². The third-order valence-electron chi connectivity index (χ3n) is 3.54. The van der Waals surface area contributed by atoms with Crippen molar-refractivity contribution in [3.63, 3.8) is 0 Å². The highest BCUT2D eigenvalue weighted by atomic mass is 32.2. The van der Waals surface area contributed by atoms with Crippen molar-refractivity contribution in [2.24, 2.45) is 0 Å². The molecular formula is C16H20N2O4S2. The first-order valence-electron chi connectivity index (χ1n) is 7.22. The summed E-state index contributed by atoms with van der Waals surface area (Å²) in [5.74, 6) is -0.277. The summed E-state index contributed by atoms with van der Waals surface area (Å²) in [5.41, 5.74) is 1.41. The van der Waals surface area contributed by atoms with Gasteiger partial charge in [-0.3, -0.25) is 4.79 Å². The van der Waals surface area contributed by atoms with Gasteiger partial charge in [-0.1, -0.05) is 0 Å². The second-order valence-corrected chi connectivity index (χ2v) is 8.23. The molecule has 0 fully saturated rings. The van der Waals surface area contributed by atoms with Gasteiger partial charge in [0.1, 0.15) is 6.10 Å². The first-order valence-corrected chi connectivity index (χ1v) is 9.60. The Labute approximate surface area is 146 Å². The van der Waals surface area contributed by atoms with Crippen molar-refractivity contribution >= 4 is 27.3 Å². The molecule has 0 spiro atoms. The summed E-state index contributed by atoms with van der Waals surface area (Å²) in [4.78, 5) is 12.4. The third kappa shape index (κ3) is 4.21. The quantitative estimate of drug-likeness (QED) is 0.812. The number of methoxy groups -OCH3 is 1. The molecule has 0 saturated carbocycles. The summed E-state index contributed by atoms with van der Waals surface area (Å²) < 4.78 is 30.5. The molecule has 2 aromatic rings. The lowest BCUT2D eigenvalue weighted by Gasteiger charge is -2.15. The van der Waals surface area contributed by atoms with Crippen LogP contribution in [0.5, 0.6) is 0 Å². The molecule has 0 aliphatic heterocycles. The van der Waals surface area contributed by atoms with Gasteiger partial charge in [0, 0.05) is 33.3 Å². The van der Waals surface area contributed by atoms with Crippen LogP contribution in [-0.2, 0) is 14.8 Å². The van der Waals surface area contributed by atoms with Crippen molar-refractivity contribution in [1.82, 2.24) is 9.62 Å². The van der Waals surface area contributed by atoms with Gasteiger partial charge in [-0.2, -0.15) is 11.3 Å². The maximum atomic E-state index is 12.2. The van der Waals surface area contributed by atoms with Crippen LogP contribution < -0.4 is 5.32 Å². The molecule has 1 atom stereocenters. The molecule has 0 radical (unpaired) electrons. The Hall–Kier alpha value is -1.74. The number of hydrogen-bond acceptors (Lipinski definition) is 5. The van der Waals surface area contributed by atoms with Gasteiger partial charge in [0.25, 0.3) is 5.91 Å². The number of benzene rings is 1. The van der Waals surface area contributed by atoms with Gasteiger partial charge in [-0.05, 0) is 46.7 Å². The van der Waals surface area contributed by atoms with E-state index in [4.69, 9.17) is 4.74 Å². The number of carbonyl (C=O) groups excluding carboxylic acids is 1. The molecule has 1 aromatic heterocycles. The van der Waals surface area contributed by atoms with E-state index in [1.165, 1.54) is 38.4 Å². The SMILES string of the molecule is COC(CNC(=O)c1ccc(S(=O)(=O)N(C)C)cc1)c1ccsc1. The fourth-order valence-corrected chi connectivity index (χ4v) is 3.68. The van der Waals surface area contributed by atoms with Crippen LogP contribution in [0.4, 0.5) is 0 Å². The maximum absolute atomic E-state index is 12.2. The summed E-state index contributed by atoms with van der Waals surface area (Å²) in [6.07, 6.45) is -0.214. The molecule has 1 amide bonds. The van der Waals surface area contributed by atoms with E-state index in [1.807, 2.05) is 16.8 Å². The predicted molar refractivity (Wildman–Crippen MR) is 93.7 cm³/mol. The highest BCUT2D eigenvalue weighted by Crippen LogP contribution is 2.19. The first kappa shape index (κ1) is 18.6. The summed E-state index contributed by atoms with van der Waals surface area (Å²) in [6.45, 7) is 0.337. The van der Waals surface area contributed by atoms with Gasteiger partial charge in [0.2, 0.25) is 10.0 Å². The molecule has 0 aliphatic rings. The second kappa shape index (κ2) is 7.89. The monoisotopic (exact) mass is 368 g/mol. The number of amides is 1. The minimum absolute atomic E-state index is 0.150. The van der Waals surface area contributed by atoms with E-state index in [9.17, 15) is 13.2 Å². The molecular weight excluding hydrogens is 348 g/mol. The van der Waals surface area contributed by atoms with Crippen molar-refractivity contribution in [3.05, 3.63) is 52.2 Å². The van der Waals surface area contributed by atoms with E-state index < -0.39 is 10.0 Å². The molecule has 1 aromatic carbocycles. The molecule has 0 bridgehead atoms. The van der Waals surface area contributed by atoms with Crippen LogP contribution in [-0.4, -0.2) is 46.4 Å². The second-order valence-electron chi connectivity index (χ2n) is 5.30. The maximum Gasteiger partial charge on any atom is 0.251 e. The lowest BCUT2D eigenvalue weighted by molar-refractivity contribution is 0.0829. The zero-order valence-electron chi connectivity index (χ0n) is 13.7. The minimum Gasteiger partial charge on any atom is -0.375 e. The molecule has 24 heavy (non-hydrogen) atoms. The number of thiophene rings is 1. The van der Waals surface area contributed by atoms with E-state index in [-0.39, 0.29) is 16.9 Å². The van der Waals surface area contributed by atoms with Gasteiger partial charge < -0.3 is 10.1 Å². The number of ether oxygens (including phenoxy) is 1. The van der Waals surface area contributed by atoms with Gasteiger partial charge in [0.15, 0.2) is 0 Å². The Morgan fingerprint density at radius 3 is 2.42 bits per heavy atom. The first-order chi connectivity index (χ1) is 11.4. The van der Waals surface area contributed by atoms with Gasteiger partial charge in [0.05, 0.1) is 4.90 Å². The number of sulfonamides is 1. The zero-order valence-corrected chi connectivity index (χ0v) is 15.4. The molecule has 1 N–H and O–H groups in total. The highest BCUT2D eigenvalue weighted by molar-refractivity contribution is 7.89. The van der Waals surface area contributed by atoms with Crippen molar-refractivity contribution in [2.45, 2.75) is 11.0 Å². The topological polar surface area (TPSA) is 75.7 Å². The van der Waals surface area contributed by atoms with E-state index in [2.05, 4.69) is 5.32 Å². The summed E-state index contributed by atoms with van der Waals surface area (Å²) in [7, 11) is 1.02. The van der Waals surface area contributed by atoms with Gasteiger partial charge in [-0.25, -0.2) is 12.7 Å². The number of rotatable bonds is 7. The Morgan fingerprint density at radius 1 is 1.25 bits per heavy atom. The van der Waals surface area contributed by atoms with Crippen molar-refractivity contribution in [3.8, 4) is 0 Å². The number of nitrogens with one attached hydrogen (secondary N) is 1. The molecule has 0 aliphatic carbocycles. The van der Waals surface area contributed by atoms with Gasteiger partial charge in [-0.15, -0.1) is 0 Å². The normalized spacial score (nSPS) is 13.0.